The molecular formula is C23H31NO2. The molecule has 3 heteroatoms. The SMILES string of the molecule is Cc1cc(C)c(C(C)NC(=O)COc2ccccc2C(C)(C)C)cc1C. The highest BCUT2D eigenvalue weighted by Gasteiger charge is 2.19. The summed E-state index contributed by atoms with van der Waals surface area (Å²) in [5.74, 6) is 0.656. The zero-order valence-corrected chi connectivity index (χ0v) is 17.1. The van der Waals surface area contributed by atoms with Gasteiger partial charge in [-0.05, 0) is 67.0 Å². The number of nitrogens with one attached hydrogen (secondary N) is 1. The standard InChI is InChI=1S/C23H31NO2/c1-15-12-17(3)19(13-16(15)2)18(4)24-22(25)14-26-21-11-9-8-10-20(21)23(5,6)7/h8-13,18H,14H2,1-7H3,(H,24,25). The lowest BCUT2D eigenvalue weighted by Crippen LogP contribution is -2.32. The molecule has 2 aromatic carbocycles. The minimum absolute atomic E-state index is 0.0152. The molecule has 0 aliphatic heterocycles. The fourth-order valence-corrected chi connectivity index (χ4v) is 3.17. The Morgan fingerprint density at radius 2 is 1.65 bits per heavy atom. The van der Waals surface area contributed by atoms with Gasteiger partial charge >= 0.3 is 0 Å². The van der Waals surface area contributed by atoms with Crippen molar-refractivity contribution in [2.45, 2.75) is 59.9 Å². The van der Waals surface area contributed by atoms with Crippen LogP contribution in [0.4, 0.5) is 0 Å². The highest BCUT2D eigenvalue weighted by atomic mass is 16.5. The van der Waals surface area contributed by atoms with Crippen LogP contribution < -0.4 is 10.1 Å². The fourth-order valence-electron chi connectivity index (χ4n) is 3.17. The molecule has 1 atom stereocenters. The molecule has 0 heterocycles. The summed E-state index contributed by atoms with van der Waals surface area (Å²) in [5, 5.41) is 3.05. The number of carbonyl (C=O) groups is 1. The van der Waals surface area contributed by atoms with Crippen LogP contribution in [0.15, 0.2) is 36.4 Å². The van der Waals surface area contributed by atoms with E-state index in [2.05, 4.69) is 59.0 Å². The van der Waals surface area contributed by atoms with Gasteiger partial charge in [0.1, 0.15) is 5.75 Å². The molecule has 0 bridgehead atoms. The van der Waals surface area contributed by atoms with Crippen molar-refractivity contribution in [2.75, 3.05) is 6.61 Å². The van der Waals surface area contributed by atoms with Gasteiger partial charge in [0.05, 0.1) is 6.04 Å². The van der Waals surface area contributed by atoms with Crippen LogP contribution in [0.2, 0.25) is 0 Å². The number of hydrogen-bond donors (Lipinski definition) is 1. The van der Waals surface area contributed by atoms with Crippen LogP contribution in [0, 0.1) is 20.8 Å². The van der Waals surface area contributed by atoms with Crippen molar-refractivity contribution in [1.29, 1.82) is 0 Å². The number of para-hydroxylation sites is 1. The Labute approximate surface area is 157 Å². The summed E-state index contributed by atoms with van der Waals surface area (Å²) in [6.45, 7) is 14.7. The average molecular weight is 354 g/mol. The fraction of sp³-hybridized carbons (Fsp3) is 0.435. The lowest BCUT2D eigenvalue weighted by Gasteiger charge is -2.23. The Hall–Kier alpha value is -2.29. The topological polar surface area (TPSA) is 38.3 Å². The molecule has 140 valence electrons. The summed E-state index contributed by atoms with van der Waals surface area (Å²) < 4.78 is 5.82. The maximum absolute atomic E-state index is 12.4. The monoisotopic (exact) mass is 353 g/mol. The third kappa shape index (κ3) is 4.87. The molecule has 0 aliphatic rings. The number of hydrogen-bond acceptors (Lipinski definition) is 2. The highest BCUT2D eigenvalue weighted by Crippen LogP contribution is 2.31. The second kappa shape index (κ2) is 7.94. The van der Waals surface area contributed by atoms with Crippen LogP contribution >= 0.6 is 0 Å². The van der Waals surface area contributed by atoms with Crippen molar-refractivity contribution in [3.05, 3.63) is 64.2 Å². The summed E-state index contributed by atoms with van der Waals surface area (Å²) in [6.07, 6.45) is 0. The number of ether oxygens (including phenoxy) is 1. The van der Waals surface area contributed by atoms with Crippen molar-refractivity contribution < 1.29 is 9.53 Å². The Balaban J connectivity index is 2.03. The van der Waals surface area contributed by atoms with E-state index in [0.717, 1.165) is 16.9 Å². The van der Waals surface area contributed by atoms with Crippen LogP contribution in [0.1, 0.15) is 61.6 Å². The molecule has 2 rings (SSSR count). The van der Waals surface area contributed by atoms with Gasteiger partial charge in [0, 0.05) is 0 Å². The van der Waals surface area contributed by atoms with E-state index in [4.69, 9.17) is 4.74 Å². The van der Waals surface area contributed by atoms with Gasteiger partial charge in [0.25, 0.3) is 5.91 Å². The second-order valence-corrected chi connectivity index (χ2v) is 8.12. The van der Waals surface area contributed by atoms with Gasteiger partial charge < -0.3 is 10.1 Å². The number of aryl methyl sites for hydroxylation is 3. The Kier molecular flexibility index (Phi) is 6.12. The number of carbonyl (C=O) groups excluding carboxylic acids is 1. The molecule has 0 aromatic heterocycles. The second-order valence-electron chi connectivity index (χ2n) is 8.12. The maximum Gasteiger partial charge on any atom is 0.258 e. The van der Waals surface area contributed by atoms with Gasteiger partial charge in [0.15, 0.2) is 6.61 Å². The zero-order valence-electron chi connectivity index (χ0n) is 17.1. The predicted molar refractivity (Wildman–Crippen MR) is 108 cm³/mol. The van der Waals surface area contributed by atoms with Crippen molar-refractivity contribution in [3.63, 3.8) is 0 Å². The predicted octanol–water partition coefficient (Wildman–Crippen LogP) is 5.17. The first-order chi connectivity index (χ1) is 12.1. The normalized spacial score (nSPS) is 12.6. The molecule has 1 N–H and O–H groups in total. The van der Waals surface area contributed by atoms with Crippen molar-refractivity contribution in [2.24, 2.45) is 0 Å². The van der Waals surface area contributed by atoms with E-state index in [0.29, 0.717) is 0 Å². The Bertz CT molecular complexity index is 787. The summed E-state index contributed by atoms with van der Waals surface area (Å²) in [5.41, 5.74) is 5.92. The number of amides is 1. The molecule has 0 fully saturated rings. The van der Waals surface area contributed by atoms with Gasteiger partial charge in [-0.2, -0.15) is 0 Å². The minimum Gasteiger partial charge on any atom is -0.483 e. The van der Waals surface area contributed by atoms with Crippen molar-refractivity contribution in [3.8, 4) is 5.75 Å². The van der Waals surface area contributed by atoms with Crippen molar-refractivity contribution in [1.82, 2.24) is 5.32 Å². The van der Waals surface area contributed by atoms with Crippen LogP contribution in [0.25, 0.3) is 0 Å². The van der Waals surface area contributed by atoms with Crippen molar-refractivity contribution >= 4 is 5.91 Å². The highest BCUT2D eigenvalue weighted by molar-refractivity contribution is 5.78. The Morgan fingerprint density at radius 1 is 1.04 bits per heavy atom. The van der Waals surface area contributed by atoms with E-state index in [9.17, 15) is 4.79 Å². The average Bonchev–Trinajstić information content (AvgIpc) is 2.55. The van der Waals surface area contributed by atoms with Gasteiger partial charge in [-0.1, -0.05) is 51.1 Å². The molecule has 0 saturated carbocycles. The summed E-state index contributed by atoms with van der Waals surface area (Å²) in [7, 11) is 0. The van der Waals surface area contributed by atoms with Gasteiger partial charge in [-0.25, -0.2) is 0 Å². The molecule has 0 radical (unpaired) electrons. The molecule has 0 aliphatic carbocycles. The van der Waals surface area contributed by atoms with Crippen LogP contribution in [-0.4, -0.2) is 12.5 Å². The zero-order chi connectivity index (χ0) is 19.5. The molecule has 0 saturated heterocycles. The van der Waals surface area contributed by atoms with Gasteiger partial charge in [-0.3, -0.25) is 4.79 Å². The van der Waals surface area contributed by atoms with E-state index >= 15 is 0 Å². The minimum atomic E-state index is -0.112. The lowest BCUT2D eigenvalue weighted by molar-refractivity contribution is -0.123. The molecule has 26 heavy (non-hydrogen) atoms. The molecule has 3 nitrogen and oxygen atoms in total. The first-order valence-corrected chi connectivity index (χ1v) is 9.19. The maximum atomic E-state index is 12.4. The summed E-state index contributed by atoms with van der Waals surface area (Å²) >= 11 is 0. The molecule has 1 amide bonds. The van der Waals surface area contributed by atoms with Gasteiger partial charge in [-0.15, -0.1) is 0 Å². The molecular weight excluding hydrogens is 322 g/mol. The molecule has 0 spiro atoms. The van der Waals surface area contributed by atoms with E-state index in [1.54, 1.807) is 0 Å². The number of rotatable bonds is 5. The third-order valence-corrected chi connectivity index (χ3v) is 4.78. The number of benzene rings is 2. The quantitative estimate of drug-likeness (QED) is 0.806. The Morgan fingerprint density at radius 3 is 2.31 bits per heavy atom. The van der Waals surface area contributed by atoms with E-state index in [1.807, 2.05) is 31.2 Å². The molecule has 2 aromatic rings. The smallest absolute Gasteiger partial charge is 0.258 e. The lowest BCUT2D eigenvalue weighted by atomic mass is 9.86. The summed E-state index contributed by atoms with van der Waals surface area (Å²) in [4.78, 5) is 12.4. The first kappa shape index (κ1) is 20.0. The van der Waals surface area contributed by atoms with E-state index in [-0.39, 0.29) is 24.0 Å². The summed E-state index contributed by atoms with van der Waals surface area (Å²) in [6, 6.07) is 12.2. The van der Waals surface area contributed by atoms with E-state index < -0.39 is 0 Å². The largest absolute Gasteiger partial charge is 0.483 e. The van der Waals surface area contributed by atoms with Gasteiger partial charge in [0.2, 0.25) is 0 Å². The third-order valence-electron chi connectivity index (χ3n) is 4.78. The van der Waals surface area contributed by atoms with E-state index in [1.165, 1.54) is 16.7 Å². The molecule has 1 unspecified atom stereocenters. The van der Waals surface area contributed by atoms with Crippen LogP contribution in [-0.2, 0) is 10.2 Å². The van der Waals surface area contributed by atoms with Crippen LogP contribution in [0.5, 0.6) is 5.75 Å². The first-order valence-electron chi connectivity index (χ1n) is 9.19. The van der Waals surface area contributed by atoms with Crippen LogP contribution in [0.3, 0.4) is 0 Å².